The van der Waals surface area contributed by atoms with Gasteiger partial charge >= 0.3 is 0 Å². The number of hydrogen-bond acceptors (Lipinski definition) is 1. The Morgan fingerprint density at radius 2 is 1.89 bits per heavy atom. The molecule has 3 rings (SSSR count). The van der Waals surface area contributed by atoms with Gasteiger partial charge in [-0.05, 0) is 57.2 Å². The topological polar surface area (TPSA) is 22.0 Å². The maximum atomic E-state index is 12.4. The largest absolute Gasteiger partial charge is 0.302 e. The van der Waals surface area contributed by atoms with Crippen LogP contribution >= 0.6 is 0 Å². The molecule has 2 nitrogen and oxygen atoms in total. The predicted molar refractivity (Wildman–Crippen MR) is 80.0 cm³/mol. The van der Waals surface area contributed by atoms with Gasteiger partial charge in [0.25, 0.3) is 5.56 Å². The van der Waals surface area contributed by atoms with Crippen LogP contribution in [-0.2, 0) is 5.54 Å². The summed E-state index contributed by atoms with van der Waals surface area (Å²) < 4.78 is 2.00. The summed E-state index contributed by atoms with van der Waals surface area (Å²) in [6.45, 7) is 10.8. The van der Waals surface area contributed by atoms with Crippen LogP contribution in [0.25, 0.3) is 10.9 Å². The molecule has 0 bridgehead atoms. The summed E-state index contributed by atoms with van der Waals surface area (Å²) >= 11 is 0. The highest BCUT2D eigenvalue weighted by Crippen LogP contribution is 2.41. The van der Waals surface area contributed by atoms with Gasteiger partial charge in [0.2, 0.25) is 0 Å². The molecule has 1 atom stereocenters. The lowest BCUT2D eigenvalue weighted by Gasteiger charge is -2.38. The highest BCUT2D eigenvalue weighted by Gasteiger charge is 2.33. The molecule has 0 saturated carbocycles. The number of aromatic nitrogens is 1. The van der Waals surface area contributed by atoms with Gasteiger partial charge in [-0.25, -0.2) is 0 Å². The summed E-state index contributed by atoms with van der Waals surface area (Å²) in [4.78, 5) is 12.4. The van der Waals surface area contributed by atoms with Gasteiger partial charge < -0.3 is 4.57 Å². The molecule has 0 saturated heterocycles. The molecule has 1 aliphatic heterocycles. The van der Waals surface area contributed by atoms with Gasteiger partial charge in [-0.2, -0.15) is 0 Å². The van der Waals surface area contributed by atoms with E-state index in [4.69, 9.17) is 0 Å². The third-order valence-electron chi connectivity index (χ3n) is 4.43. The molecule has 19 heavy (non-hydrogen) atoms. The van der Waals surface area contributed by atoms with Crippen LogP contribution in [0.3, 0.4) is 0 Å². The second kappa shape index (κ2) is 3.72. The standard InChI is InChI=1S/C17H21NO/c1-10-6-13-11(2)8-15(19)18-16(13)14(7-10)12(3)9-17(18,4)5/h6-8,12H,9H2,1-5H3. The molecule has 1 aromatic heterocycles. The van der Waals surface area contributed by atoms with E-state index >= 15 is 0 Å². The van der Waals surface area contributed by atoms with Gasteiger partial charge in [0.05, 0.1) is 5.52 Å². The molecule has 0 spiro atoms. The van der Waals surface area contributed by atoms with Crippen molar-refractivity contribution in [3.8, 4) is 0 Å². The summed E-state index contributed by atoms with van der Waals surface area (Å²) in [5.74, 6) is 0.499. The Bertz CT molecular complexity index is 737. The van der Waals surface area contributed by atoms with Crippen molar-refractivity contribution in [1.29, 1.82) is 0 Å². The van der Waals surface area contributed by atoms with E-state index in [0.29, 0.717) is 5.92 Å². The molecule has 0 amide bonds. The first kappa shape index (κ1) is 12.5. The Balaban J connectivity index is 2.61. The Labute approximate surface area is 114 Å². The van der Waals surface area contributed by atoms with Crippen LogP contribution < -0.4 is 5.56 Å². The van der Waals surface area contributed by atoms with E-state index in [2.05, 4.69) is 39.8 Å². The van der Waals surface area contributed by atoms with Gasteiger partial charge in [0, 0.05) is 17.0 Å². The van der Waals surface area contributed by atoms with Crippen molar-refractivity contribution in [2.45, 2.75) is 52.5 Å². The summed E-state index contributed by atoms with van der Waals surface area (Å²) in [5.41, 5.74) is 4.87. The number of aryl methyl sites for hydroxylation is 2. The fourth-order valence-electron chi connectivity index (χ4n) is 3.72. The zero-order chi connectivity index (χ0) is 13.9. The Morgan fingerprint density at radius 3 is 2.58 bits per heavy atom. The maximum absolute atomic E-state index is 12.4. The number of hydrogen-bond donors (Lipinski definition) is 0. The molecule has 1 aromatic carbocycles. The molecule has 2 aromatic rings. The van der Waals surface area contributed by atoms with Crippen molar-refractivity contribution in [1.82, 2.24) is 4.57 Å². The molecule has 2 heteroatoms. The zero-order valence-electron chi connectivity index (χ0n) is 12.4. The van der Waals surface area contributed by atoms with Gasteiger partial charge in [-0.15, -0.1) is 0 Å². The molecule has 0 N–H and O–H groups in total. The van der Waals surface area contributed by atoms with Crippen LogP contribution in [0, 0.1) is 13.8 Å². The second-order valence-electron chi connectivity index (χ2n) is 6.67. The van der Waals surface area contributed by atoms with Crippen molar-refractivity contribution in [2.24, 2.45) is 0 Å². The van der Waals surface area contributed by atoms with Gasteiger partial charge in [0.15, 0.2) is 0 Å². The average Bonchev–Trinajstić information content (AvgIpc) is 2.27. The van der Waals surface area contributed by atoms with E-state index in [1.807, 2.05) is 11.5 Å². The molecule has 0 radical (unpaired) electrons. The van der Waals surface area contributed by atoms with Gasteiger partial charge in [-0.3, -0.25) is 4.79 Å². The Hall–Kier alpha value is -1.57. The van der Waals surface area contributed by atoms with Crippen LogP contribution in [0.4, 0.5) is 0 Å². The Kier molecular flexibility index (Phi) is 2.44. The van der Waals surface area contributed by atoms with E-state index in [1.165, 1.54) is 16.5 Å². The number of pyridine rings is 1. The number of nitrogens with zero attached hydrogens (tertiary/aromatic N) is 1. The molecule has 1 unspecified atom stereocenters. The van der Waals surface area contributed by atoms with Gasteiger partial charge in [-0.1, -0.05) is 18.6 Å². The monoisotopic (exact) mass is 255 g/mol. The molecule has 2 heterocycles. The quantitative estimate of drug-likeness (QED) is 0.700. The van der Waals surface area contributed by atoms with Crippen LogP contribution in [0.15, 0.2) is 23.0 Å². The number of rotatable bonds is 0. The molecule has 100 valence electrons. The van der Waals surface area contributed by atoms with Crippen molar-refractivity contribution in [2.75, 3.05) is 0 Å². The molecule has 0 fully saturated rings. The lowest BCUT2D eigenvalue weighted by Crippen LogP contribution is -2.40. The van der Waals surface area contributed by atoms with E-state index in [-0.39, 0.29) is 11.1 Å². The third-order valence-corrected chi connectivity index (χ3v) is 4.43. The fourth-order valence-corrected chi connectivity index (χ4v) is 3.72. The Morgan fingerprint density at radius 1 is 1.21 bits per heavy atom. The first-order valence-corrected chi connectivity index (χ1v) is 6.98. The van der Waals surface area contributed by atoms with Crippen molar-refractivity contribution < 1.29 is 0 Å². The SMILES string of the molecule is Cc1cc2c3c(c1)c(C)cc(=O)n3C(C)(C)CC2C. The highest BCUT2D eigenvalue weighted by atomic mass is 16.1. The van der Waals surface area contributed by atoms with E-state index in [1.54, 1.807) is 6.07 Å². The summed E-state index contributed by atoms with van der Waals surface area (Å²) in [6, 6.07) is 6.24. The van der Waals surface area contributed by atoms with E-state index < -0.39 is 0 Å². The van der Waals surface area contributed by atoms with E-state index in [9.17, 15) is 4.79 Å². The minimum absolute atomic E-state index is 0.106. The minimum atomic E-state index is -0.106. The lowest BCUT2D eigenvalue weighted by atomic mass is 9.80. The first-order valence-electron chi connectivity index (χ1n) is 6.98. The zero-order valence-corrected chi connectivity index (χ0v) is 12.4. The normalized spacial score (nSPS) is 20.8. The van der Waals surface area contributed by atoms with Crippen molar-refractivity contribution in [3.05, 3.63) is 45.2 Å². The van der Waals surface area contributed by atoms with Crippen LogP contribution in [-0.4, -0.2) is 4.57 Å². The summed E-state index contributed by atoms with van der Waals surface area (Å²) in [7, 11) is 0. The highest BCUT2D eigenvalue weighted by molar-refractivity contribution is 5.87. The second-order valence-corrected chi connectivity index (χ2v) is 6.67. The smallest absolute Gasteiger partial charge is 0.251 e. The van der Waals surface area contributed by atoms with Crippen molar-refractivity contribution in [3.63, 3.8) is 0 Å². The van der Waals surface area contributed by atoms with Crippen LogP contribution in [0.1, 0.15) is 49.8 Å². The summed E-state index contributed by atoms with van der Waals surface area (Å²) in [6.07, 6.45) is 1.02. The maximum Gasteiger partial charge on any atom is 0.251 e. The number of benzene rings is 1. The van der Waals surface area contributed by atoms with Crippen molar-refractivity contribution >= 4 is 10.9 Å². The van der Waals surface area contributed by atoms with E-state index in [0.717, 1.165) is 17.5 Å². The van der Waals surface area contributed by atoms with Crippen LogP contribution in [0.5, 0.6) is 0 Å². The lowest BCUT2D eigenvalue weighted by molar-refractivity contribution is 0.293. The molecule has 0 aliphatic carbocycles. The molecular weight excluding hydrogens is 234 g/mol. The van der Waals surface area contributed by atoms with Crippen LogP contribution in [0.2, 0.25) is 0 Å². The third kappa shape index (κ3) is 1.66. The molecular formula is C17H21NO. The average molecular weight is 255 g/mol. The molecule has 1 aliphatic rings. The fraction of sp³-hybridized carbons (Fsp3) is 0.471. The first-order chi connectivity index (χ1) is 8.81. The predicted octanol–water partition coefficient (Wildman–Crippen LogP) is 3.86. The summed E-state index contributed by atoms with van der Waals surface area (Å²) in [5, 5.41) is 1.23. The minimum Gasteiger partial charge on any atom is -0.302 e. The van der Waals surface area contributed by atoms with Gasteiger partial charge in [0.1, 0.15) is 0 Å².